The predicted octanol–water partition coefficient (Wildman–Crippen LogP) is 8.70. The number of alkyl halides is 4. The van der Waals surface area contributed by atoms with Gasteiger partial charge in [-0.15, -0.1) is 13.2 Å². The molecule has 0 radical (unpaired) electrons. The molecule has 358 valence electrons. The molecule has 5 N–H and O–H groups in total. The number of carbonyl (C=O) groups excluding carboxylic acids is 3. The van der Waals surface area contributed by atoms with Crippen LogP contribution in [0.2, 0.25) is 0 Å². The van der Waals surface area contributed by atoms with Crippen LogP contribution < -0.4 is 20.5 Å². The summed E-state index contributed by atoms with van der Waals surface area (Å²) in [5.74, 6) is -1.26. The topological polar surface area (TPSA) is 186 Å². The predicted molar refractivity (Wildman–Crippen MR) is 239 cm³/mol. The van der Waals surface area contributed by atoms with E-state index in [0.717, 1.165) is 6.42 Å². The number of rotatable bonds is 11. The third-order valence-electron chi connectivity index (χ3n) is 12.9. The summed E-state index contributed by atoms with van der Waals surface area (Å²) >= 11 is 0. The van der Waals surface area contributed by atoms with Crippen molar-refractivity contribution in [3.05, 3.63) is 96.1 Å². The van der Waals surface area contributed by atoms with E-state index in [1.807, 2.05) is 26.0 Å². The number of likely N-dealkylation sites (tertiary alicyclic amines) is 2. The van der Waals surface area contributed by atoms with Gasteiger partial charge in [0.2, 0.25) is 18.0 Å². The highest BCUT2D eigenvalue weighted by Gasteiger charge is 2.41. The highest BCUT2D eigenvalue weighted by Crippen LogP contribution is 2.48. The molecule has 3 aliphatic heterocycles. The highest BCUT2D eigenvalue weighted by atomic mass is 19.4. The number of fused-ring (bicyclic) bond motifs is 5. The largest absolute Gasteiger partial charge is 0.573 e. The van der Waals surface area contributed by atoms with Gasteiger partial charge >= 0.3 is 12.5 Å². The summed E-state index contributed by atoms with van der Waals surface area (Å²) in [5.41, 5.74) is 9.48. The van der Waals surface area contributed by atoms with Gasteiger partial charge in [-0.1, -0.05) is 45.9 Å². The monoisotopic (exact) mass is 943 g/mol. The first-order valence-corrected chi connectivity index (χ1v) is 22.4. The number of alkyl carbamates (subject to hydrolysis) is 1. The molecule has 15 nitrogen and oxygen atoms in total. The molecule has 6 unspecified atom stereocenters. The lowest BCUT2D eigenvalue weighted by molar-refractivity contribution is -0.274. The number of ether oxygens (including phenoxy) is 3. The van der Waals surface area contributed by atoms with Gasteiger partial charge in [-0.25, -0.2) is 23.5 Å². The molecule has 0 saturated carbocycles. The van der Waals surface area contributed by atoms with E-state index < -0.39 is 60.5 Å². The maximum atomic E-state index is 16.8. The van der Waals surface area contributed by atoms with Gasteiger partial charge in [0.05, 0.1) is 72.3 Å². The summed E-state index contributed by atoms with van der Waals surface area (Å²) < 4.78 is 89.3. The second kappa shape index (κ2) is 17.9. The average Bonchev–Trinajstić information content (AvgIpc) is 4.16. The summed E-state index contributed by atoms with van der Waals surface area (Å²) in [6, 6.07) is 12.8. The fourth-order valence-corrected chi connectivity index (χ4v) is 9.45. The van der Waals surface area contributed by atoms with E-state index >= 15 is 4.39 Å². The number of carbonyl (C=O) groups is 3. The van der Waals surface area contributed by atoms with Crippen LogP contribution in [0.1, 0.15) is 82.5 Å². The molecule has 9 rings (SSSR count). The van der Waals surface area contributed by atoms with Gasteiger partial charge in [-0.05, 0) is 67.1 Å². The molecular formula is C48H50F5N9O6. The first-order chi connectivity index (χ1) is 32.4. The van der Waals surface area contributed by atoms with Gasteiger partial charge in [0.15, 0.2) is 0 Å². The van der Waals surface area contributed by atoms with E-state index in [2.05, 4.69) is 30.0 Å². The molecule has 2 saturated heterocycles. The molecule has 20 heteroatoms. The van der Waals surface area contributed by atoms with Gasteiger partial charge in [-0.2, -0.15) is 0 Å². The van der Waals surface area contributed by atoms with Gasteiger partial charge in [0, 0.05) is 35.0 Å². The number of imidazole rings is 2. The first kappa shape index (κ1) is 46.2. The van der Waals surface area contributed by atoms with E-state index in [0.29, 0.717) is 63.7 Å². The fourth-order valence-electron chi connectivity index (χ4n) is 9.45. The Morgan fingerprint density at radius 3 is 2.31 bits per heavy atom. The second-order valence-corrected chi connectivity index (χ2v) is 18.1. The van der Waals surface area contributed by atoms with Crippen molar-refractivity contribution < 1.29 is 50.5 Å². The van der Waals surface area contributed by atoms with Crippen LogP contribution in [0, 0.1) is 17.7 Å². The van der Waals surface area contributed by atoms with Crippen molar-refractivity contribution in [1.82, 2.24) is 39.6 Å². The fraction of sp³-hybridized carbons (Fsp3) is 0.396. The summed E-state index contributed by atoms with van der Waals surface area (Å²) in [6.45, 7) is 7.61. The number of amides is 3. The molecule has 0 aliphatic carbocycles. The smallest absolute Gasteiger partial charge is 0.465 e. The Labute approximate surface area is 387 Å². The van der Waals surface area contributed by atoms with Gasteiger partial charge in [0.1, 0.15) is 41.2 Å². The minimum Gasteiger partial charge on any atom is -0.465 e. The molecule has 6 heterocycles. The van der Waals surface area contributed by atoms with Crippen LogP contribution >= 0.6 is 0 Å². The summed E-state index contributed by atoms with van der Waals surface area (Å²) in [4.78, 5) is 57.9. The average molecular weight is 944 g/mol. The van der Waals surface area contributed by atoms with Gasteiger partial charge in [-0.3, -0.25) is 9.59 Å². The zero-order valence-corrected chi connectivity index (χ0v) is 37.7. The molecule has 6 atom stereocenters. The molecular weight excluding hydrogens is 894 g/mol. The Morgan fingerprint density at radius 2 is 1.62 bits per heavy atom. The van der Waals surface area contributed by atoms with Crippen molar-refractivity contribution in [3.8, 4) is 45.3 Å². The van der Waals surface area contributed by atoms with E-state index in [1.165, 1.54) is 42.5 Å². The SMILES string of the molecule is COC(=O)NC(C(=O)N1CCCC1c1ncc(-c2ccc3c(c2)cc2n3C(c3cccc(OC(F)(F)F)c3)Oc3cc(-c4cnc(C5CC(F)CN5C(=O)C(N)C(C)C)[nH]4)cc(F)c3-2)[nH]1)C(C)C. The first-order valence-electron chi connectivity index (χ1n) is 22.4. The third-order valence-corrected chi connectivity index (χ3v) is 12.9. The molecule has 3 aromatic heterocycles. The standard InChI is InChI=1S/C48H50F5N9O6/c1-23(2)40(54)44(63)61-22-29(49)19-37(61)43-56-21-33(58-43)27-16-31(50)39-36-17-28-14-25(32-20-55-42(57-32)35-10-7-13-60(35)45(64)41(24(3)4)59-47(65)66-5)11-12-34(28)62(36)46(67-38(39)18-27)26-8-6-9-30(15-26)68-48(51,52)53/h6,8-9,11-12,14-18,20-21,23-24,29,35,37,40-41,46H,7,10,13,19,22,54H2,1-5H3,(H,55,57)(H,56,58)(H,59,65). The quantitative estimate of drug-likeness (QED) is 0.0923. The number of methoxy groups -OCH3 is 1. The Morgan fingerprint density at radius 1 is 0.897 bits per heavy atom. The van der Waals surface area contributed by atoms with Crippen molar-refractivity contribution in [3.63, 3.8) is 0 Å². The van der Waals surface area contributed by atoms with Crippen LogP contribution in [0.25, 0.3) is 44.7 Å². The van der Waals surface area contributed by atoms with Gasteiger partial charge < -0.3 is 49.6 Å². The Balaban J connectivity index is 1.07. The number of benzene rings is 3. The molecule has 68 heavy (non-hydrogen) atoms. The normalized spacial score (nSPS) is 20.1. The lowest BCUT2D eigenvalue weighted by atomic mass is 10.0. The van der Waals surface area contributed by atoms with Crippen LogP contribution in [0.3, 0.4) is 0 Å². The zero-order valence-electron chi connectivity index (χ0n) is 37.7. The number of hydrogen-bond donors (Lipinski definition) is 4. The Hall–Kier alpha value is -6.96. The van der Waals surface area contributed by atoms with Crippen LogP contribution in [0.15, 0.2) is 73.1 Å². The van der Waals surface area contributed by atoms with Crippen molar-refractivity contribution in [2.24, 2.45) is 17.6 Å². The second-order valence-electron chi connectivity index (χ2n) is 18.1. The highest BCUT2D eigenvalue weighted by molar-refractivity contribution is 5.93. The van der Waals surface area contributed by atoms with Crippen molar-refractivity contribution >= 4 is 28.8 Å². The minimum atomic E-state index is -4.97. The van der Waals surface area contributed by atoms with Crippen molar-refractivity contribution in [2.75, 3.05) is 20.2 Å². The zero-order chi connectivity index (χ0) is 48.3. The Bertz CT molecular complexity index is 2890. The van der Waals surface area contributed by atoms with E-state index in [9.17, 15) is 31.9 Å². The number of H-pyrrole nitrogens is 2. The van der Waals surface area contributed by atoms with Crippen LogP contribution in [0.5, 0.6) is 11.5 Å². The molecule has 0 spiro atoms. The van der Waals surface area contributed by atoms with Crippen molar-refractivity contribution in [1.29, 1.82) is 0 Å². The van der Waals surface area contributed by atoms with Crippen LogP contribution in [-0.2, 0) is 14.3 Å². The number of nitrogens with one attached hydrogen (secondary N) is 3. The van der Waals surface area contributed by atoms with Crippen molar-refractivity contribution in [2.45, 2.75) is 89.9 Å². The Kier molecular flexibility index (Phi) is 12.2. The van der Waals surface area contributed by atoms with E-state index in [4.69, 9.17) is 15.2 Å². The summed E-state index contributed by atoms with van der Waals surface area (Å²) in [7, 11) is 1.24. The maximum absolute atomic E-state index is 16.8. The number of halogens is 5. The molecule has 3 aromatic carbocycles. The number of nitrogens with two attached hydrogens (primary N) is 1. The van der Waals surface area contributed by atoms with Gasteiger partial charge in [0.25, 0.3) is 0 Å². The minimum absolute atomic E-state index is 0.00557. The summed E-state index contributed by atoms with van der Waals surface area (Å²) in [6.07, 6.45) is -3.60. The number of nitrogens with zero attached hydrogens (tertiary/aromatic N) is 5. The lowest BCUT2D eigenvalue weighted by Gasteiger charge is -2.31. The lowest BCUT2D eigenvalue weighted by Crippen LogP contribution is -2.51. The summed E-state index contributed by atoms with van der Waals surface area (Å²) in [5, 5.41) is 3.30. The molecule has 3 amide bonds. The third kappa shape index (κ3) is 8.72. The number of aromatic amines is 2. The molecule has 2 fully saturated rings. The molecule has 3 aliphatic rings. The molecule has 6 aromatic rings. The number of aromatic nitrogens is 5. The molecule has 0 bridgehead atoms. The van der Waals surface area contributed by atoms with E-state index in [-0.39, 0.29) is 53.6 Å². The number of hydrogen-bond acceptors (Lipinski definition) is 9. The van der Waals surface area contributed by atoms with Crippen LogP contribution in [0.4, 0.5) is 26.7 Å². The van der Waals surface area contributed by atoms with E-state index in [1.54, 1.807) is 53.8 Å². The maximum Gasteiger partial charge on any atom is 0.573 e. The van der Waals surface area contributed by atoms with Crippen LogP contribution in [-0.4, -0.2) is 97.0 Å².